The van der Waals surface area contributed by atoms with E-state index in [1.165, 1.54) is 0 Å². The number of methoxy groups -OCH3 is 1. The van der Waals surface area contributed by atoms with Crippen molar-refractivity contribution in [1.82, 2.24) is 0 Å². The van der Waals surface area contributed by atoms with Crippen molar-refractivity contribution in [2.24, 2.45) is 10.7 Å². The summed E-state index contributed by atoms with van der Waals surface area (Å²) in [5.41, 5.74) is 8.98. The molecule has 0 aliphatic heterocycles. The molecule has 20 heavy (non-hydrogen) atoms. The van der Waals surface area contributed by atoms with E-state index in [1.54, 1.807) is 13.2 Å². The Morgan fingerprint density at radius 2 is 1.90 bits per heavy atom. The third-order valence-corrected chi connectivity index (χ3v) is 2.82. The second-order valence-corrected chi connectivity index (χ2v) is 4.48. The van der Waals surface area contributed by atoms with Crippen LogP contribution in [0.1, 0.15) is 11.1 Å². The number of nitrogens with zero attached hydrogens (tertiary/aromatic N) is 1. The minimum absolute atomic E-state index is 0.478. The van der Waals surface area contributed by atoms with Crippen LogP contribution >= 0.6 is 0 Å². The lowest BCUT2D eigenvalue weighted by molar-refractivity contribution is 0.415. The molecule has 0 saturated carbocycles. The first-order valence-electron chi connectivity index (χ1n) is 6.40. The summed E-state index contributed by atoms with van der Waals surface area (Å²) in [7, 11) is 1.65. The molecule has 0 heterocycles. The van der Waals surface area contributed by atoms with Gasteiger partial charge in [0.2, 0.25) is 0 Å². The third-order valence-electron chi connectivity index (χ3n) is 2.82. The van der Waals surface area contributed by atoms with Gasteiger partial charge in [-0.25, -0.2) is 4.99 Å². The van der Waals surface area contributed by atoms with E-state index in [0.717, 1.165) is 22.6 Å². The van der Waals surface area contributed by atoms with Gasteiger partial charge in [-0.15, -0.1) is 0 Å². The lowest BCUT2D eigenvalue weighted by Gasteiger charge is -1.99. The fraction of sp³-hybridized carbons (Fsp3) is 0.118. The summed E-state index contributed by atoms with van der Waals surface area (Å²) in [6.45, 7) is 2.03. The first-order valence-corrected chi connectivity index (χ1v) is 6.40. The molecule has 0 amide bonds. The van der Waals surface area contributed by atoms with Crippen molar-refractivity contribution in [3.8, 4) is 5.75 Å². The average molecular weight is 266 g/mol. The van der Waals surface area contributed by atoms with Gasteiger partial charge in [-0.05, 0) is 48.4 Å². The zero-order valence-electron chi connectivity index (χ0n) is 11.7. The summed E-state index contributed by atoms with van der Waals surface area (Å²) in [5, 5.41) is 0. The number of amidine groups is 1. The summed E-state index contributed by atoms with van der Waals surface area (Å²) in [4.78, 5) is 4.35. The fourth-order valence-electron chi connectivity index (χ4n) is 1.78. The molecule has 2 aromatic rings. The highest BCUT2D eigenvalue weighted by molar-refractivity contribution is 5.96. The van der Waals surface area contributed by atoms with Gasteiger partial charge in [0.15, 0.2) is 0 Å². The molecule has 2 aromatic carbocycles. The fourth-order valence-corrected chi connectivity index (χ4v) is 1.78. The second kappa shape index (κ2) is 6.57. The van der Waals surface area contributed by atoms with Crippen LogP contribution in [0.3, 0.4) is 0 Å². The molecule has 0 radical (unpaired) electrons. The molecular formula is C17H18N2O. The normalized spacial score (nSPS) is 11.8. The number of aliphatic imine (C=N–C) groups is 1. The Hall–Kier alpha value is -2.55. The molecule has 0 spiro atoms. The molecule has 0 aromatic heterocycles. The molecule has 3 nitrogen and oxygen atoms in total. The molecule has 0 fully saturated rings. The molecular weight excluding hydrogens is 248 g/mol. The van der Waals surface area contributed by atoms with E-state index in [0.29, 0.717) is 5.84 Å². The van der Waals surface area contributed by atoms with Gasteiger partial charge < -0.3 is 10.5 Å². The number of rotatable bonds is 4. The Morgan fingerprint density at radius 3 is 2.55 bits per heavy atom. The molecule has 2 rings (SSSR count). The number of hydrogen-bond acceptors (Lipinski definition) is 2. The van der Waals surface area contributed by atoms with Crippen LogP contribution in [0.4, 0.5) is 5.69 Å². The highest BCUT2D eigenvalue weighted by atomic mass is 16.5. The molecule has 3 heteroatoms. The lowest BCUT2D eigenvalue weighted by atomic mass is 10.2. The standard InChI is InChI=1S/C17H18N2O/c1-13-4-3-5-15(12-13)19-17(18)11-8-14-6-9-16(20-2)10-7-14/h3-12H,1-2H3,(H2,18,19). The topological polar surface area (TPSA) is 47.6 Å². The van der Waals surface area contributed by atoms with Gasteiger partial charge >= 0.3 is 0 Å². The highest BCUT2D eigenvalue weighted by Gasteiger charge is 1.93. The lowest BCUT2D eigenvalue weighted by Crippen LogP contribution is -2.06. The molecule has 2 N–H and O–H groups in total. The number of hydrogen-bond donors (Lipinski definition) is 1. The van der Waals surface area contributed by atoms with Crippen molar-refractivity contribution in [3.63, 3.8) is 0 Å². The van der Waals surface area contributed by atoms with E-state index >= 15 is 0 Å². The van der Waals surface area contributed by atoms with Crippen LogP contribution in [0.25, 0.3) is 6.08 Å². The molecule has 0 unspecified atom stereocenters. The number of nitrogens with two attached hydrogens (primary N) is 1. The minimum atomic E-state index is 0.478. The van der Waals surface area contributed by atoms with Gasteiger partial charge in [0.05, 0.1) is 12.8 Å². The molecule has 0 aliphatic rings. The molecule has 0 atom stereocenters. The van der Waals surface area contributed by atoms with Crippen LogP contribution in [0, 0.1) is 6.92 Å². The summed E-state index contributed by atoms with van der Waals surface area (Å²) in [5.74, 6) is 1.31. The quantitative estimate of drug-likeness (QED) is 0.677. The molecule has 0 bridgehead atoms. The van der Waals surface area contributed by atoms with Gasteiger partial charge in [-0.3, -0.25) is 0 Å². The first-order chi connectivity index (χ1) is 9.67. The second-order valence-electron chi connectivity index (χ2n) is 4.48. The maximum atomic E-state index is 5.90. The van der Waals surface area contributed by atoms with Gasteiger partial charge in [0, 0.05) is 0 Å². The van der Waals surface area contributed by atoms with Crippen molar-refractivity contribution < 1.29 is 4.74 Å². The monoisotopic (exact) mass is 266 g/mol. The van der Waals surface area contributed by atoms with E-state index in [-0.39, 0.29) is 0 Å². The van der Waals surface area contributed by atoms with Crippen molar-refractivity contribution in [3.05, 3.63) is 65.7 Å². The van der Waals surface area contributed by atoms with E-state index in [4.69, 9.17) is 10.5 Å². The van der Waals surface area contributed by atoms with Crippen LogP contribution in [-0.4, -0.2) is 12.9 Å². The highest BCUT2D eigenvalue weighted by Crippen LogP contribution is 2.14. The predicted molar refractivity (Wildman–Crippen MR) is 84.5 cm³/mol. The van der Waals surface area contributed by atoms with Crippen LogP contribution in [0.15, 0.2) is 59.6 Å². The molecule has 102 valence electrons. The van der Waals surface area contributed by atoms with Gasteiger partial charge in [-0.2, -0.15) is 0 Å². The maximum absolute atomic E-state index is 5.90. The zero-order valence-corrected chi connectivity index (χ0v) is 11.7. The Kier molecular flexibility index (Phi) is 4.56. The Labute approximate surface area is 119 Å². The zero-order chi connectivity index (χ0) is 14.4. The third kappa shape index (κ3) is 3.99. The first kappa shape index (κ1) is 13.9. The van der Waals surface area contributed by atoms with E-state index in [2.05, 4.69) is 4.99 Å². The van der Waals surface area contributed by atoms with Gasteiger partial charge in [-0.1, -0.05) is 30.3 Å². The average Bonchev–Trinajstić information content (AvgIpc) is 2.46. The van der Waals surface area contributed by atoms with Crippen molar-refractivity contribution in [1.29, 1.82) is 0 Å². The number of aryl methyl sites for hydroxylation is 1. The Bertz CT molecular complexity index is 628. The van der Waals surface area contributed by atoms with Crippen LogP contribution in [0.5, 0.6) is 5.75 Å². The van der Waals surface area contributed by atoms with Crippen LogP contribution in [-0.2, 0) is 0 Å². The van der Waals surface area contributed by atoms with Crippen LogP contribution in [0.2, 0.25) is 0 Å². The van der Waals surface area contributed by atoms with Crippen LogP contribution < -0.4 is 10.5 Å². The van der Waals surface area contributed by atoms with Gasteiger partial charge in [0.1, 0.15) is 11.6 Å². The summed E-state index contributed by atoms with van der Waals surface area (Å²) in [6.07, 6.45) is 3.72. The largest absolute Gasteiger partial charge is 0.497 e. The predicted octanol–water partition coefficient (Wildman–Crippen LogP) is 3.71. The Balaban J connectivity index is 2.09. The molecule has 0 aliphatic carbocycles. The van der Waals surface area contributed by atoms with E-state index in [1.807, 2.05) is 61.5 Å². The summed E-state index contributed by atoms with van der Waals surface area (Å²) < 4.78 is 5.11. The summed E-state index contributed by atoms with van der Waals surface area (Å²) >= 11 is 0. The van der Waals surface area contributed by atoms with E-state index < -0.39 is 0 Å². The smallest absolute Gasteiger partial charge is 0.124 e. The van der Waals surface area contributed by atoms with Gasteiger partial charge in [0.25, 0.3) is 0 Å². The summed E-state index contributed by atoms with van der Waals surface area (Å²) in [6, 6.07) is 15.7. The Morgan fingerprint density at radius 1 is 1.15 bits per heavy atom. The van der Waals surface area contributed by atoms with Crippen molar-refractivity contribution in [2.45, 2.75) is 6.92 Å². The van der Waals surface area contributed by atoms with E-state index in [9.17, 15) is 0 Å². The SMILES string of the molecule is COc1ccc(C=CC(N)=Nc2cccc(C)c2)cc1. The maximum Gasteiger partial charge on any atom is 0.124 e. The minimum Gasteiger partial charge on any atom is -0.497 e. The van der Waals surface area contributed by atoms with Crippen molar-refractivity contribution in [2.75, 3.05) is 7.11 Å². The number of benzene rings is 2. The number of ether oxygens (including phenoxy) is 1. The van der Waals surface area contributed by atoms with Crippen molar-refractivity contribution >= 4 is 17.6 Å². The molecule has 0 saturated heterocycles.